The summed E-state index contributed by atoms with van der Waals surface area (Å²) in [4.78, 5) is 30.1. The molecule has 0 bridgehead atoms. The fourth-order valence-corrected chi connectivity index (χ4v) is 5.87. The minimum atomic E-state index is -0.658. The first-order chi connectivity index (χ1) is 22.0. The van der Waals surface area contributed by atoms with Crippen LogP contribution in [0.1, 0.15) is 62.5 Å². The first kappa shape index (κ1) is 32.9. The van der Waals surface area contributed by atoms with Crippen molar-refractivity contribution in [3.63, 3.8) is 0 Å². The summed E-state index contributed by atoms with van der Waals surface area (Å²) in [5.41, 5.74) is 2.18. The lowest BCUT2D eigenvalue weighted by molar-refractivity contribution is 0.0159. The molecule has 0 saturated carbocycles. The van der Waals surface area contributed by atoms with Crippen LogP contribution in [0.2, 0.25) is 0 Å². The Kier molecular flexibility index (Phi) is 10.2. The fraction of sp³-hybridized carbons (Fsp3) is 0.471. The molecule has 2 aromatic carbocycles. The van der Waals surface area contributed by atoms with Gasteiger partial charge in [0.2, 0.25) is 0 Å². The first-order valence-corrected chi connectivity index (χ1v) is 15.7. The Hall–Kier alpha value is -4.47. The number of nitriles is 1. The molecule has 2 aliphatic rings. The van der Waals surface area contributed by atoms with Crippen molar-refractivity contribution in [1.29, 1.82) is 5.26 Å². The van der Waals surface area contributed by atoms with Crippen molar-refractivity contribution >= 4 is 17.7 Å². The number of ether oxygens (including phenoxy) is 2. The van der Waals surface area contributed by atoms with Crippen molar-refractivity contribution in [2.45, 2.75) is 64.2 Å². The van der Waals surface area contributed by atoms with Gasteiger partial charge < -0.3 is 29.7 Å². The van der Waals surface area contributed by atoms with Gasteiger partial charge in [0.05, 0.1) is 36.3 Å². The smallest absolute Gasteiger partial charge is 0.407 e. The van der Waals surface area contributed by atoms with Crippen LogP contribution in [0.15, 0.2) is 48.5 Å². The van der Waals surface area contributed by atoms with Crippen LogP contribution in [0.4, 0.5) is 14.9 Å². The van der Waals surface area contributed by atoms with Crippen LogP contribution in [-0.2, 0) is 9.47 Å². The number of nitrogens with zero attached hydrogens (tertiary/aromatic N) is 5. The minimum absolute atomic E-state index is 0.0172. The molecule has 12 heteroatoms. The van der Waals surface area contributed by atoms with Crippen molar-refractivity contribution < 1.29 is 28.6 Å². The van der Waals surface area contributed by atoms with Gasteiger partial charge in [0.25, 0.3) is 5.91 Å². The fourth-order valence-electron chi connectivity index (χ4n) is 5.87. The molecule has 0 aliphatic carbocycles. The maximum atomic E-state index is 14.7. The summed E-state index contributed by atoms with van der Waals surface area (Å²) in [6.45, 7) is 8.22. The Labute approximate surface area is 268 Å². The normalized spacial score (nSPS) is 17.4. The number of nitrogens with one attached hydrogen (secondary N) is 1. The van der Waals surface area contributed by atoms with Gasteiger partial charge in [-0.25, -0.2) is 13.9 Å². The average molecular weight is 633 g/mol. The number of benzene rings is 2. The third-order valence-electron chi connectivity index (χ3n) is 8.09. The number of anilines is 1. The van der Waals surface area contributed by atoms with E-state index in [1.807, 2.05) is 30.3 Å². The summed E-state index contributed by atoms with van der Waals surface area (Å²) in [7, 11) is 0. The molecule has 1 atom stereocenters. The molecule has 244 valence electrons. The van der Waals surface area contributed by atoms with Gasteiger partial charge in [-0.05, 0) is 88.9 Å². The van der Waals surface area contributed by atoms with Crippen molar-refractivity contribution in [3.8, 4) is 23.0 Å². The number of piperidine rings is 2. The highest BCUT2D eigenvalue weighted by molar-refractivity contribution is 5.94. The molecule has 2 aliphatic heterocycles. The molecule has 0 radical (unpaired) electrons. The number of aromatic nitrogens is 2. The Bertz CT molecular complexity index is 1570. The van der Waals surface area contributed by atoms with Gasteiger partial charge in [-0.2, -0.15) is 10.4 Å². The van der Waals surface area contributed by atoms with E-state index in [-0.39, 0.29) is 35.9 Å². The molecule has 0 spiro atoms. The summed E-state index contributed by atoms with van der Waals surface area (Å²) in [6.07, 6.45) is 2.77. The van der Waals surface area contributed by atoms with E-state index in [1.54, 1.807) is 42.5 Å². The second-order valence-electron chi connectivity index (χ2n) is 12.7. The Balaban J connectivity index is 1.38. The lowest BCUT2D eigenvalue weighted by Gasteiger charge is -2.33. The SMILES string of the molecule is CC(C)(C)OC(=O)N[C@@H]1CCCN(C(=O)c2cc(-c3ccc(C#N)c(F)c3)n(-c3ccc(N4CCC(OCCO)CC4)cc3)n2)C1. The number of aliphatic hydroxyl groups is 1. The summed E-state index contributed by atoms with van der Waals surface area (Å²) < 4.78 is 27.4. The molecule has 46 heavy (non-hydrogen) atoms. The lowest BCUT2D eigenvalue weighted by Crippen LogP contribution is -2.50. The zero-order valence-electron chi connectivity index (χ0n) is 26.5. The molecule has 2 amide bonds. The van der Waals surface area contributed by atoms with Crippen LogP contribution in [0.25, 0.3) is 16.9 Å². The number of amides is 2. The van der Waals surface area contributed by atoms with E-state index in [2.05, 4.69) is 10.2 Å². The number of likely N-dealkylation sites (tertiary alicyclic amines) is 1. The van der Waals surface area contributed by atoms with Crippen LogP contribution in [0.5, 0.6) is 0 Å². The summed E-state index contributed by atoms with van der Waals surface area (Å²) in [5.74, 6) is -0.956. The maximum Gasteiger partial charge on any atom is 0.407 e. The molecular weight excluding hydrogens is 591 g/mol. The predicted octanol–water partition coefficient (Wildman–Crippen LogP) is 4.66. The molecule has 2 fully saturated rings. The molecule has 0 unspecified atom stereocenters. The molecule has 1 aromatic heterocycles. The summed E-state index contributed by atoms with van der Waals surface area (Å²) >= 11 is 0. The molecule has 3 aromatic rings. The summed E-state index contributed by atoms with van der Waals surface area (Å²) in [6, 6.07) is 15.4. The van der Waals surface area contributed by atoms with Crippen LogP contribution >= 0.6 is 0 Å². The number of aliphatic hydroxyl groups excluding tert-OH is 1. The van der Waals surface area contributed by atoms with Gasteiger partial charge in [-0.15, -0.1) is 0 Å². The molecule has 3 heterocycles. The highest BCUT2D eigenvalue weighted by atomic mass is 19.1. The zero-order valence-corrected chi connectivity index (χ0v) is 26.5. The highest BCUT2D eigenvalue weighted by Gasteiger charge is 2.29. The van der Waals surface area contributed by atoms with Gasteiger partial charge in [0.1, 0.15) is 17.5 Å². The lowest BCUT2D eigenvalue weighted by atomic mass is 10.0. The van der Waals surface area contributed by atoms with E-state index in [1.165, 1.54) is 12.1 Å². The number of hydrogen-bond donors (Lipinski definition) is 2. The van der Waals surface area contributed by atoms with Gasteiger partial charge >= 0.3 is 6.09 Å². The van der Waals surface area contributed by atoms with E-state index < -0.39 is 17.5 Å². The van der Waals surface area contributed by atoms with Gasteiger partial charge in [-0.3, -0.25) is 4.79 Å². The molecule has 5 rings (SSSR count). The van der Waals surface area contributed by atoms with E-state index in [0.29, 0.717) is 49.5 Å². The van der Waals surface area contributed by atoms with E-state index in [9.17, 15) is 19.2 Å². The number of carbonyl (C=O) groups excluding carboxylic acids is 2. The van der Waals surface area contributed by atoms with E-state index in [4.69, 9.17) is 19.7 Å². The van der Waals surface area contributed by atoms with Crippen molar-refractivity contribution in [2.24, 2.45) is 0 Å². The van der Waals surface area contributed by atoms with Crippen LogP contribution in [0.3, 0.4) is 0 Å². The number of halogens is 1. The van der Waals surface area contributed by atoms with Crippen LogP contribution in [0, 0.1) is 17.1 Å². The van der Waals surface area contributed by atoms with E-state index >= 15 is 0 Å². The average Bonchev–Trinajstić information content (AvgIpc) is 3.48. The molecule has 2 N–H and O–H groups in total. The second-order valence-corrected chi connectivity index (χ2v) is 12.7. The number of rotatable bonds is 8. The minimum Gasteiger partial charge on any atom is -0.444 e. The zero-order chi connectivity index (χ0) is 32.8. The monoisotopic (exact) mass is 632 g/mol. The topological polar surface area (TPSA) is 133 Å². The van der Waals surface area contributed by atoms with Gasteiger partial charge in [-0.1, -0.05) is 6.07 Å². The Morgan fingerprint density at radius 2 is 1.78 bits per heavy atom. The van der Waals surface area contributed by atoms with Gasteiger partial charge in [0, 0.05) is 43.5 Å². The summed E-state index contributed by atoms with van der Waals surface area (Å²) in [5, 5.41) is 25.8. The third-order valence-corrected chi connectivity index (χ3v) is 8.09. The van der Waals surface area contributed by atoms with Gasteiger partial charge in [0.15, 0.2) is 5.69 Å². The largest absolute Gasteiger partial charge is 0.444 e. The molecular formula is C34H41FN6O5. The molecule has 2 saturated heterocycles. The van der Waals surface area contributed by atoms with Crippen molar-refractivity contribution in [3.05, 3.63) is 65.6 Å². The number of hydrogen-bond acceptors (Lipinski definition) is 8. The predicted molar refractivity (Wildman–Crippen MR) is 170 cm³/mol. The maximum absolute atomic E-state index is 14.7. The Morgan fingerprint density at radius 1 is 1.07 bits per heavy atom. The number of carbonyl (C=O) groups is 2. The third kappa shape index (κ3) is 8.02. The highest BCUT2D eigenvalue weighted by Crippen LogP contribution is 2.29. The standard InChI is InChI=1S/C34H41FN6O5/c1-34(2,3)46-33(44)37-25-5-4-14-40(22-25)32(43)30-20-31(23-6-7-24(21-36)29(35)19-23)41(38-30)27-10-8-26(9-11-27)39-15-12-28(13-16-39)45-18-17-42/h6-11,19-20,25,28,42H,4-5,12-18,22H2,1-3H3,(H,37,44)/t25-/m1/s1. The van der Waals surface area contributed by atoms with Crippen LogP contribution < -0.4 is 10.2 Å². The van der Waals surface area contributed by atoms with Crippen LogP contribution in [-0.4, -0.2) is 88.9 Å². The quantitative estimate of drug-likeness (QED) is 0.367. The van der Waals surface area contributed by atoms with E-state index in [0.717, 1.165) is 31.6 Å². The Morgan fingerprint density at radius 3 is 2.43 bits per heavy atom. The first-order valence-electron chi connectivity index (χ1n) is 15.7. The molecule has 11 nitrogen and oxygen atoms in total. The number of alkyl carbamates (subject to hydrolysis) is 1. The van der Waals surface area contributed by atoms with Crippen molar-refractivity contribution in [1.82, 2.24) is 20.0 Å². The second kappa shape index (κ2) is 14.3. The van der Waals surface area contributed by atoms with Crippen molar-refractivity contribution in [2.75, 3.05) is 44.3 Å².